The Morgan fingerprint density at radius 3 is 2.43 bits per heavy atom. The topological polar surface area (TPSA) is 75.7 Å². The van der Waals surface area contributed by atoms with Gasteiger partial charge in [-0.2, -0.15) is 4.31 Å². The Morgan fingerprint density at radius 2 is 1.79 bits per heavy atom. The molecule has 3 rings (SSSR count). The molecule has 0 unspecified atom stereocenters. The van der Waals surface area contributed by atoms with Gasteiger partial charge in [0, 0.05) is 18.1 Å². The van der Waals surface area contributed by atoms with Crippen LogP contribution in [0.3, 0.4) is 0 Å². The number of hydrogen-bond donors (Lipinski definition) is 1. The molecule has 0 saturated carbocycles. The van der Waals surface area contributed by atoms with Gasteiger partial charge in [0.15, 0.2) is 0 Å². The van der Waals surface area contributed by atoms with E-state index in [0.717, 1.165) is 24.8 Å². The Kier molecular flexibility index (Phi) is 6.59. The van der Waals surface area contributed by atoms with Gasteiger partial charge >= 0.3 is 0 Å². The second-order valence-corrected chi connectivity index (χ2v) is 9.05. The van der Waals surface area contributed by atoms with Crippen LogP contribution < -0.4 is 10.1 Å². The molecule has 1 amide bonds. The van der Waals surface area contributed by atoms with Crippen molar-refractivity contribution in [2.24, 2.45) is 0 Å². The summed E-state index contributed by atoms with van der Waals surface area (Å²) in [6, 6.07) is 11.4. The maximum Gasteiger partial charge on any atom is 0.243 e. The van der Waals surface area contributed by atoms with Gasteiger partial charge in [-0.3, -0.25) is 4.79 Å². The maximum atomic E-state index is 12.7. The number of methoxy groups -OCH3 is 1. The zero-order valence-corrected chi connectivity index (χ0v) is 17.2. The lowest BCUT2D eigenvalue weighted by Crippen LogP contribution is -2.35. The van der Waals surface area contributed by atoms with Gasteiger partial charge in [-0.25, -0.2) is 8.42 Å². The number of hydrogen-bond acceptors (Lipinski definition) is 4. The first-order chi connectivity index (χ1) is 13.4. The van der Waals surface area contributed by atoms with E-state index in [-0.39, 0.29) is 17.2 Å². The first-order valence-corrected chi connectivity index (χ1v) is 10.9. The molecule has 1 fully saturated rings. The monoisotopic (exact) mass is 422 g/mol. The maximum absolute atomic E-state index is 12.7. The summed E-state index contributed by atoms with van der Waals surface area (Å²) in [5, 5.41) is 3.26. The van der Waals surface area contributed by atoms with Crippen molar-refractivity contribution in [3.63, 3.8) is 0 Å². The third kappa shape index (κ3) is 4.84. The molecule has 28 heavy (non-hydrogen) atoms. The Bertz CT molecular complexity index is 939. The third-order valence-electron chi connectivity index (χ3n) is 4.68. The normalized spacial score (nSPS) is 15.2. The first-order valence-electron chi connectivity index (χ1n) is 9.12. The fraction of sp³-hybridized carbons (Fsp3) is 0.350. The van der Waals surface area contributed by atoms with Crippen LogP contribution in [0.1, 0.15) is 24.8 Å². The van der Waals surface area contributed by atoms with Crippen LogP contribution in [0.5, 0.6) is 5.75 Å². The van der Waals surface area contributed by atoms with Gasteiger partial charge in [-0.05, 0) is 48.7 Å². The van der Waals surface area contributed by atoms with Crippen LogP contribution in [0.25, 0.3) is 0 Å². The molecule has 0 aliphatic carbocycles. The van der Waals surface area contributed by atoms with Crippen LogP contribution in [-0.2, 0) is 21.2 Å². The number of nitrogens with zero attached hydrogens (tertiary/aromatic N) is 1. The highest BCUT2D eigenvalue weighted by molar-refractivity contribution is 7.89. The smallest absolute Gasteiger partial charge is 0.243 e. The summed E-state index contributed by atoms with van der Waals surface area (Å²) in [4.78, 5) is 12.6. The number of halogens is 1. The molecule has 2 aromatic rings. The van der Waals surface area contributed by atoms with Crippen LogP contribution in [0.15, 0.2) is 47.4 Å². The third-order valence-corrected chi connectivity index (χ3v) is 6.82. The summed E-state index contributed by atoms with van der Waals surface area (Å²) in [5.41, 5.74) is 1.21. The zero-order chi connectivity index (χ0) is 20.1. The summed E-state index contributed by atoms with van der Waals surface area (Å²) < 4.78 is 32.1. The van der Waals surface area contributed by atoms with Crippen molar-refractivity contribution in [3.05, 3.63) is 53.1 Å². The van der Waals surface area contributed by atoms with E-state index < -0.39 is 10.0 Å². The molecular weight excluding hydrogens is 400 g/mol. The van der Waals surface area contributed by atoms with Crippen molar-refractivity contribution in [1.82, 2.24) is 4.31 Å². The number of nitrogens with one attached hydrogen (secondary N) is 1. The average Bonchev–Trinajstić information content (AvgIpc) is 2.69. The number of piperidine rings is 1. The van der Waals surface area contributed by atoms with E-state index >= 15 is 0 Å². The zero-order valence-electron chi connectivity index (χ0n) is 15.7. The Balaban J connectivity index is 1.67. The number of benzene rings is 2. The molecule has 0 radical (unpaired) electrons. The van der Waals surface area contributed by atoms with Crippen molar-refractivity contribution in [2.45, 2.75) is 30.6 Å². The minimum atomic E-state index is -3.47. The second-order valence-electron chi connectivity index (χ2n) is 6.68. The van der Waals surface area contributed by atoms with Gasteiger partial charge in [0.2, 0.25) is 15.9 Å². The van der Waals surface area contributed by atoms with E-state index in [1.54, 1.807) is 42.5 Å². The Morgan fingerprint density at radius 1 is 1.11 bits per heavy atom. The summed E-state index contributed by atoms with van der Waals surface area (Å²) in [7, 11) is -1.95. The highest BCUT2D eigenvalue weighted by Crippen LogP contribution is 2.28. The number of anilines is 1. The molecule has 1 N–H and O–H groups in total. The van der Waals surface area contributed by atoms with Gasteiger partial charge in [-0.15, -0.1) is 0 Å². The Labute approximate surface area is 170 Å². The minimum Gasteiger partial charge on any atom is -0.495 e. The number of carbonyl (C=O) groups excluding carboxylic acids is 1. The van der Waals surface area contributed by atoms with Crippen molar-refractivity contribution in [3.8, 4) is 5.75 Å². The number of carbonyl (C=O) groups is 1. The highest BCUT2D eigenvalue weighted by atomic mass is 35.5. The molecule has 1 aliphatic rings. The van der Waals surface area contributed by atoms with Gasteiger partial charge < -0.3 is 10.1 Å². The highest BCUT2D eigenvalue weighted by Gasteiger charge is 2.25. The quantitative estimate of drug-likeness (QED) is 0.770. The van der Waals surface area contributed by atoms with Crippen LogP contribution >= 0.6 is 11.6 Å². The second kappa shape index (κ2) is 8.94. The van der Waals surface area contributed by atoms with E-state index in [9.17, 15) is 13.2 Å². The van der Waals surface area contributed by atoms with Crippen LogP contribution in [-0.4, -0.2) is 38.8 Å². The van der Waals surface area contributed by atoms with Crippen LogP contribution in [0, 0.1) is 0 Å². The van der Waals surface area contributed by atoms with Crippen LogP contribution in [0.2, 0.25) is 5.02 Å². The predicted molar refractivity (Wildman–Crippen MR) is 109 cm³/mol. The van der Waals surface area contributed by atoms with Crippen molar-refractivity contribution in [1.29, 1.82) is 0 Å². The number of ether oxygens (including phenoxy) is 1. The molecule has 0 atom stereocenters. The Hall–Kier alpha value is -2.09. The van der Waals surface area contributed by atoms with E-state index in [2.05, 4.69) is 5.32 Å². The lowest BCUT2D eigenvalue weighted by Gasteiger charge is -2.25. The van der Waals surface area contributed by atoms with E-state index in [0.29, 0.717) is 29.5 Å². The molecule has 0 spiro atoms. The van der Waals surface area contributed by atoms with Gasteiger partial charge in [0.1, 0.15) is 5.75 Å². The van der Waals surface area contributed by atoms with Crippen molar-refractivity contribution >= 4 is 33.2 Å². The standard InChI is InChI=1S/C20H23ClN2O4S/c1-27-19-10-7-16(21)14-18(19)22-20(24)13-15-5-8-17(9-6-15)28(25,26)23-11-3-2-4-12-23/h5-10,14H,2-4,11-13H2,1H3,(H,22,24). The van der Waals surface area contributed by atoms with E-state index in [4.69, 9.17) is 16.3 Å². The molecule has 150 valence electrons. The fourth-order valence-corrected chi connectivity index (χ4v) is 4.88. The van der Waals surface area contributed by atoms with Gasteiger partial charge in [-0.1, -0.05) is 30.2 Å². The average molecular weight is 423 g/mol. The number of sulfonamides is 1. The summed E-state index contributed by atoms with van der Waals surface area (Å²) in [5.74, 6) is 0.271. The van der Waals surface area contributed by atoms with Crippen molar-refractivity contribution in [2.75, 3.05) is 25.5 Å². The minimum absolute atomic E-state index is 0.111. The molecule has 1 saturated heterocycles. The molecule has 0 bridgehead atoms. The molecule has 1 aliphatic heterocycles. The lowest BCUT2D eigenvalue weighted by molar-refractivity contribution is -0.115. The van der Waals surface area contributed by atoms with Gasteiger partial charge in [0.25, 0.3) is 0 Å². The largest absolute Gasteiger partial charge is 0.495 e. The molecule has 2 aromatic carbocycles. The molecule has 1 heterocycles. The first kappa shape index (κ1) is 20.6. The molecule has 0 aromatic heterocycles. The van der Waals surface area contributed by atoms with Crippen LogP contribution in [0.4, 0.5) is 5.69 Å². The van der Waals surface area contributed by atoms with E-state index in [1.165, 1.54) is 11.4 Å². The number of amides is 1. The SMILES string of the molecule is COc1ccc(Cl)cc1NC(=O)Cc1ccc(S(=O)(=O)N2CCCCC2)cc1. The van der Waals surface area contributed by atoms with Gasteiger partial charge in [0.05, 0.1) is 24.1 Å². The molecule has 8 heteroatoms. The lowest BCUT2D eigenvalue weighted by atomic mass is 10.1. The number of rotatable bonds is 6. The summed E-state index contributed by atoms with van der Waals surface area (Å²) >= 11 is 5.97. The molecule has 6 nitrogen and oxygen atoms in total. The fourth-order valence-electron chi connectivity index (χ4n) is 3.19. The van der Waals surface area contributed by atoms with E-state index in [1.807, 2.05) is 0 Å². The van der Waals surface area contributed by atoms with Crippen molar-refractivity contribution < 1.29 is 17.9 Å². The summed E-state index contributed by atoms with van der Waals surface area (Å²) in [6.45, 7) is 1.13. The predicted octanol–water partition coefficient (Wildman–Crippen LogP) is 3.70. The molecular formula is C20H23ClN2O4S. The summed E-state index contributed by atoms with van der Waals surface area (Å²) in [6.07, 6.45) is 2.96.